The van der Waals surface area contributed by atoms with Crippen LogP contribution in [-0.4, -0.2) is 28.4 Å². The number of phenols is 1. The number of carbonyl (C=O) groups is 1. The van der Waals surface area contributed by atoms with Gasteiger partial charge in [0.2, 0.25) is 5.76 Å². The van der Waals surface area contributed by atoms with E-state index >= 15 is 0 Å². The number of carboxylic acid groups (broad SMARTS) is 1. The predicted octanol–water partition coefficient (Wildman–Crippen LogP) is 1.89. The highest BCUT2D eigenvalue weighted by Crippen LogP contribution is 2.33. The lowest BCUT2D eigenvalue weighted by Gasteiger charge is -2.05. The van der Waals surface area contributed by atoms with Gasteiger partial charge in [-0.25, -0.2) is 9.18 Å². The van der Waals surface area contributed by atoms with E-state index in [1.54, 1.807) is 0 Å². The molecule has 7 heteroatoms. The molecule has 0 bridgehead atoms. The minimum Gasteiger partial charge on any atom is -0.504 e. The molecule has 6 nitrogen and oxygen atoms in total. The van der Waals surface area contributed by atoms with E-state index in [9.17, 15) is 14.3 Å². The molecule has 2 N–H and O–H groups in total. The molecule has 1 aromatic carbocycles. The lowest BCUT2D eigenvalue weighted by molar-refractivity contribution is 0.0652. The lowest BCUT2D eigenvalue weighted by Crippen LogP contribution is -1.92. The molecule has 0 aliphatic carbocycles. The second-order valence-corrected chi connectivity index (χ2v) is 3.39. The molecule has 0 fully saturated rings. The minimum absolute atomic E-state index is 0.00296. The third kappa shape index (κ3) is 1.97. The topological polar surface area (TPSA) is 92.8 Å². The van der Waals surface area contributed by atoms with Gasteiger partial charge < -0.3 is 19.5 Å². The van der Waals surface area contributed by atoms with Crippen LogP contribution in [0.4, 0.5) is 4.39 Å². The lowest BCUT2D eigenvalue weighted by atomic mass is 10.1. The van der Waals surface area contributed by atoms with E-state index in [0.717, 1.165) is 12.1 Å². The van der Waals surface area contributed by atoms with Gasteiger partial charge in [-0.3, -0.25) is 0 Å². The first-order valence-electron chi connectivity index (χ1n) is 4.80. The van der Waals surface area contributed by atoms with Gasteiger partial charge in [0, 0.05) is 17.7 Å². The molecule has 0 atom stereocenters. The van der Waals surface area contributed by atoms with E-state index in [4.69, 9.17) is 9.84 Å². The first-order chi connectivity index (χ1) is 8.52. The van der Waals surface area contributed by atoms with Crippen molar-refractivity contribution < 1.29 is 28.7 Å². The van der Waals surface area contributed by atoms with Crippen molar-refractivity contribution in [3.8, 4) is 22.8 Å². The Morgan fingerprint density at radius 3 is 2.72 bits per heavy atom. The Bertz CT molecular complexity index is 607. The number of benzene rings is 1. The fourth-order valence-corrected chi connectivity index (χ4v) is 1.41. The van der Waals surface area contributed by atoms with E-state index in [-0.39, 0.29) is 22.8 Å². The Hall–Kier alpha value is -2.57. The summed E-state index contributed by atoms with van der Waals surface area (Å²) in [6.45, 7) is 0. The Morgan fingerprint density at radius 1 is 1.44 bits per heavy atom. The van der Waals surface area contributed by atoms with Crippen molar-refractivity contribution in [2.75, 3.05) is 7.11 Å². The Labute approximate surface area is 100 Å². The third-order valence-electron chi connectivity index (χ3n) is 2.27. The van der Waals surface area contributed by atoms with Gasteiger partial charge in [-0.15, -0.1) is 0 Å². The number of phenolic OH excluding ortho intramolecular Hbond substituents is 1. The maximum absolute atomic E-state index is 13.6. The molecule has 0 amide bonds. The van der Waals surface area contributed by atoms with Crippen molar-refractivity contribution in [3.63, 3.8) is 0 Å². The summed E-state index contributed by atoms with van der Waals surface area (Å²) < 4.78 is 23.0. The molecule has 0 unspecified atom stereocenters. The molecular formula is C11H8FNO5. The van der Waals surface area contributed by atoms with Gasteiger partial charge in [0.25, 0.3) is 0 Å². The smallest absolute Gasteiger partial charge is 0.374 e. The zero-order valence-electron chi connectivity index (χ0n) is 9.18. The zero-order chi connectivity index (χ0) is 13.3. The number of rotatable bonds is 3. The molecule has 0 aliphatic heterocycles. The fourth-order valence-electron chi connectivity index (χ4n) is 1.41. The first-order valence-corrected chi connectivity index (χ1v) is 4.80. The van der Waals surface area contributed by atoms with Crippen LogP contribution in [0.3, 0.4) is 0 Å². The number of aromatic nitrogens is 1. The van der Waals surface area contributed by atoms with Crippen LogP contribution in [-0.2, 0) is 0 Å². The summed E-state index contributed by atoms with van der Waals surface area (Å²) in [6, 6.07) is 3.13. The molecule has 18 heavy (non-hydrogen) atoms. The molecule has 94 valence electrons. The van der Waals surface area contributed by atoms with Gasteiger partial charge in [0.1, 0.15) is 11.5 Å². The largest absolute Gasteiger partial charge is 0.504 e. The molecule has 0 saturated carbocycles. The number of halogens is 1. The summed E-state index contributed by atoms with van der Waals surface area (Å²) in [6.07, 6.45) is 0. The van der Waals surface area contributed by atoms with Gasteiger partial charge in [0.15, 0.2) is 11.5 Å². The minimum atomic E-state index is -1.31. The SMILES string of the molecule is COc1cc(-c2cc(C(=O)O)on2)c(F)cc1O. The number of hydrogen-bond acceptors (Lipinski definition) is 5. The average Bonchev–Trinajstić information content (AvgIpc) is 2.78. The van der Waals surface area contributed by atoms with E-state index in [1.807, 2.05) is 0 Å². The van der Waals surface area contributed by atoms with Gasteiger partial charge >= 0.3 is 5.97 Å². The van der Waals surface area contributed by atoms with Crippen LogP contribution in [0.15, 0.2) is 22.7 Å². The van der Waals surface area contributed by atoms with Crippen molar-refractivity contribution >= 4 is 5.97 Å². The van der Waals surface area contributed by atoms with Crippen molar-refractivity contribution in [1.82, 2.24) is 5.16 Å². The molecule has 1 heterocycles. The molecule has 1 aromatic heterocycles. The van der Waals surface area contributed by atoms with E-state index in [2.05, 4.69) is 9.68 Å². The highest BCUT2D eigenvalue weighted by atomic mass is 19.1. The first kappa shape index (κ1) is 11.9. The predicted molar refractivity (Wildman–Crippen MR) is 57.1 cm³/mol. The number of aromatic carboxylic acids is 1. The number of carboxylic acids is 1. The Balaban J connectivity index is 2.52. The van der Waals surface area contributed by atoms with E-state index < -0.39 is 17.5 Å². The number of ether oxygens (including phenoxy) is 1. The molecule has 0 saturated heterocycles. The van der Waals surface area contributed by atoms with E-state index in [0.29, 0.717) is 0 Å². The second kappa shape index (κ2) is 4.36. The van der Waals surface area contributed by atoms with Crippen LogP contribution < -0.4 is 4.74 Å². The number of aromatic hydroxyl groups is 1. The monoisotopic (exact) mass is 253 g/mol. The van der Waals surface area contributed by atoms with Crippen LogP contribution in [0, 0.1) is 5.82 Å². The van der Waals surface area contributed by atoms with Crippen LogP contribution in [0.1, 0.15) is 10.6 Å². The molecule has 0 spiro atoms. The zero-order valence-corrected chi connectivity index (χ0v) is 9.18. The van der Waals surface area contributed by atoms with Crippen molar-refractivity contribution in [2.24, 2.45) is 0 Å². The summed E-state index contributed by atoms with van der Waals surface area (Å²) in [7, 11) is 1.31. The maximum Gasteiger partial charge on any atom is 0.374 e. The highest BCUT2D eigenvalue weighted by Gasteiger charge is 2.17. The van der Waals surface area contributed by atoms with Crippen LogP contribution >= 0.6 is 0 Å². The standard InChI is InChI=1S/C11H8FNO5/c1-17-9-2-5(6(12)3-8(9)14)7-4-10(11(15)16)18-13-7/h2-4,14H,1H3,(H,15,16). The molecular weight excluding hydrogens is 245 g/mol. The van der Waals surface area contributed by atoms with Crippen LogP contribution in [0.2, 0.25) is 0 Å². The quantitative estimate of drug-likeness (QED) is 0.867. The maximum atomic E-state index is 13.6. The van der Waals surface area contributed by atoms with Crippen LogP contribution in [0.25, 0.3) is 11.3 Å². The normalized spacial score (nSPS) is 10.3. The van der Waals surface area contributed by atoms with Crippen molar-refractivity contribution in [2.45, 2.75) is 0 Å². The van der Waals surface area contributed by atoms with Gasteiger partial charge in [-0.2, -0.15) is 0 Å². The molecule has 2 aromatic rings. The second-order valence-electron chi connectivity index (χ2n) is 3.39. The molecule has 0 aliphatic rings. The summed E-state index contributed by atoms with van der Waals surface area (Å²) in [4.78, 5) is 10.6. The van der Waals surface area contributed by atoms with Gasteiger partial charge in [0.05, 0.1) is 7.11 Å². The van der Waals surface area contributed by atoms with Gasteiger partial charge in [-0.05, 0) is 6.07 Å². The molecule has 0 radical (unpaired) electrons. The highest BCUT2D eigenvalue weighted by molar-refractivity contribution is 5.85. The average molecular weight is 253 g/mol. The van der Waals surface area contributed by atoms with Crippen LogP contribution in [0.5, 0.6) is 11.5 Å². The Morgan fingerprint density at radius 2 is 2.17 bits per heavy atom. The summed E-state index contributed by atoms with van der Waals surface area (Å²) >= 11 is 0. The number of nitrogens with zero attached hydrogens (tertiary/aromatic N) is 1. The van der Waals surface area contributed by atoms with E-state index in [1.165, 1.54) is 13.2 Å². The fraction of sp³-hybridized carbons (Fsp3) is 0.0909. The summed E-state index contributed by atoms with van der Waals surface area (Å²) in [5.41, 5.74) is -0.0240. The van der Waals surface area contributed by atoms with Crippen molar-refractivity contribution in [1.29, 1.82) is 0 Å². The molecule has 2 rings (SSSR count). The summed E-state index contributed by atoms with van der Waals surface area (Å²) in [5, 5.41) is 21.5. The summed E-state index contributed by atoms with van der Waals surface area (Å²) in [5.74, 6) is -2.79. The van der Waals surface area contributed by atoms with Gasteiger partial charge in [-0.1, -0.05) is 5.16 Å². The Kier molecular flexibility index (Phi) is 2.88. The number of hydrogen-bond donors (Lipinski definition) is 2. The number of methoxy groups -OCH3 is 1. The third-order valence-corrected chi connectivity index (χ3v) is 2.27. The van der Waals surface area contributed by atoms with Crippen molar-refractivity contribution in [3.05, 3.63) is 29.8 Å².